The van der Waals surface area contributed by atoms with Gasteiger partial charge in [-0.25, -0.2) is 0 Å². The van der Waals surface area contributed by atoms with Gasteiger partial charge in [0.2, 0.25) is 0 Å². The monoisotopic (exact) mass is 274 g/mol. The first kappa shape index (κ1) is 15.1. The second kappa shape index (κ2) is 6.42. The predicted octanol–water partition coefficient (Wildman–Crippen LogP) is 3.12. The van der Waals surface area contributed by atoms with Gasteiger partial charge >= 0.3 is 0 Å². The van der Waals surface area contributed by atoms with Crippen LogP contribution in [0.15, 0.2) is 24.3 Å². The van der Waals surface area contributed by atoms with Gasteiger partial charge in [-0.1, -0.05) is 32.9 Å². The molecular formula is C17H26N2O. The molecule has 1 aromatic heterocycles. The number of likely N-dealkylation sites (N-methyl/N-ethyl adjacent to an activating group) is 1. The maximum absolute atomic E-state index is 9.86. The highest BCUT2D eigenvalue weighted by Gasteiger charge is 2.20. The fourth-order valence-electron chi connectivity index (χ4n) is 3.14. The van der Waals surface area contributed by atoms with E-state index in [0.717, 1.165) is 19.5 Å². The number of nitrogens with zero attached hydrogens (tertiary/aromatic N) is 2. The van der Waals surface area contributed by atoms with E-state index in [-0.39, 0.29) is 12.6 Å². The molecule has 1 atom stereocenters. The number of aryl methyl sites for hydroxylation is 2. The molecule has 1 unspecified atom stereocenters. The predicted molar refractivity (Wildman–Crippen MR) is 85.0 cm³/mol. The molecule has 0 aliphatic carbocycles. The summed E-state index contributed by atoms with van der Waals surface area (Å²) in [6, 6.07) is 8.77. The Balaban J connectivity index is 2.58. The van der Waals surface area contributed by atoms with Crippen LogP contribution in [0.25, 0.3) is 10.9 Å². The zero-order valence-corrected chi connectivity index (χ0v) is 13.1. The number of fused-ring (bicyclic) bond motifs is 1. The van der Waals surface area contributed by atoms with Crippen molar-refractivity contribution in [3.8, 4) is 0 Å². The molecule has 0 aliphatic heterocycles. The summed E-state index contributed by atoms with van der Waals surface area (Å²) in [6.07, 6.45) is 1.03. The summed E-state index contributed by atoms with van der Waals surface area (Å²) in [6.45, 7) is 8.54. The molecule has 0 radical (unpaired) electrons. The van der Waals surface area contributed by atoms with Gasteiger partial charge in [0, 0.05) is 23.6 Å². The van der Waals surface area contributed by atoms with Gasteiger partial charge in [-0.15, -0.1) is 0 Å². The summed E-state index contributed by atoms with van der Waals surface area (Å²) in [5.41, 5.74) is 3.83. The standard InChI is InChI=1S/C17H26N2O/c1-5-13-11-15-14(9-8-10-16(15)18(13)4)17(12-20)19(6-2)7-3/h8-11,17,20H,5-7,12H2,1-4H3. The summed E-state index contributed by atoms with van der Waals surface area (Å²) in [5, 5.41) is 11.1. The molecule has 110 valence electrons. The lowest BCUT2D eigenvalue weighted by Gasteiger charge is -2.29. The molecule has 20 heavy (non-hydrogen) atoms. The van der Waals surface area contributed by atoms with Crippen molar-refractivity contribution in [1.82, 2.24) is 9.47 Å². The summed E-state index contributed by atoms with van der Waals surface area (Å²) < 4.78 is 2.26. The van der Waals surface area contributed by atoms with Crippen LogP contribution in [-0.2, 0) is 13.5 Å². The van der Waals surface area contributed by atoms with E-state index in [4.69, 9.17) is 0 Å². The van der Waals surface area contributed by atoms with E-state index in [0.29, 0.717) is 0 Å². The van der Waals surface area contributed by atoms with Crippen molar-refractivity contribution in [2.75, 3.05) is 19.7 Å². The zero-order chi connectivity index (χ0) is 14.7. The minimum Gasteiger partial charge on any atom is -0.394 e. The second-order valence-electron chi connectivity index (χ2n) is 5.25. The second-order valence-corrected chi connectivity index (χ2v) is 5.25. The number of aromatic nitrogens is 1. The maximum Gasteiger partial charge on any atom is 0.0628 e. The summed E-state index contributed by atoms with van der Waals surface area (Å²) in [7, 11) is 2.12. The number of rotatable bonds is 6. The molecule has 0 saturated carbocycles. The van der Waals surface area contributed by atoms with Crippen LogP contribution in [-0.4, -0.2) is 34.3 Å². The van der Waals surface area contributed by atoms with Crippen molar-refractivity contribution in [2.24, 2.45) is 7.05 Å². The Morgan fingerprint density at radius 2 is 1.90 bits per heavy atom. The molecule has 3 nitrogen and oxygen atoms in total. The van der Waals surface area contributed by atoms with Crippen molar-refractivity contribution in [2.45, 2.75) is 33.2 Å². The third-order valence-electron chi connectivity index (χ3n) is 4.37. The van der Waals surface area contributed by atoms with Crippen molar-refractivity contribution >= 4 is 10.9 Å². The van der Waals surface area contributed by atoms with E-state index in [2.05, 4.69) is 61.6 Å². The average molecular weight is 274 g/mol. The third kappa shape index (κ3) is 2.48. The Morgan fingerprint density at radius 3 is 2.45 bits per heavy atom. The van der Waals surface area contributed by atoms with E-state index >= 15 is 0 Å². The van der Waals surface area contributed by atoms with Crippen molar-refractivity contribution in [3.05, 3.63) is 35.5 Å². The third-order valence-corrected chi connectivity index (χ3v) is 4.37. The summed E-state index contributed by atoms with van der Waals surface area (Å²) in [4.78, 5) is 2.31. The van der Waals surface area contributed by atoms with Crippen molar-refractivity contribution in [1.29, 1.82) is 0 Å². The largest absolute Gasteiger partial charge is 0.394 e. The number of aliphatic hydroxyl groups is 1. The first-order valence-electron chi connectivity index (χ1n) is 7.59. The molecule has 1 N–H and O–H groups in total. The summed E-state index contributed by atoms with van der Waals surface area (Å²) in [5.74, 6) is 0. The van der Waals surface area contributed by atoms with Crippen LogP contribution in [0.3, 0.4) is 0 Å². The fourth-order valence-corrected chi connectivity index (χ4v) is 3.14. The molecule has 0 bridgehead atoms. The van der Waals surface area contributed by atoms with Gasteiger partial charge in [-0.2, -0.15) is 0 Å². The number of aliphatic hydroxyl groups excluding tert-OH is 1. The highest BCUT2D eigenvalue weighted by atomic mass is 16.3. The van der Waals surface area contributed by atoms with Gasteiger partial charge in [0.15, 0.2) is 0 Å². The van der Waals surface area contributed by atoms with Gasteiger partial charge in [-0.05, 0) is 37.2 Å². The molecule has 0 saturated heterocycles. The van der Waals surface area contributed by atoms with Crippen LogP contribution >= 0.6 is 0 Å². The molecule has 0 fully saturated rings. The minimum absolute atomic E-state index is 0.0841. The van der Waals surface area contributed by atoms with Crippen LogP contribution in [0, 0.1) is 0 Å². The van der Waals surface area contributed by atoms with Crippen LogP contribution in [0.1, 0.15) is 38.1 Å². The Hall–Kier alpha value is -1.32. The minimum atomic E-state index is 0.0841. The molecule has 0 spiro atoms. The number of hydrogen-bond donors (Lipinski definition) is 1. The molecular weight excluding hydrogens is 248 g/mol. The molecule has 2 aromatic rings. The molecule has 0 aliphatic rings. The highest BCUT2D eigenvalue weighted by molar-refractivity contribution is 5.85. The zero-order valence-electron chi connectivity index (χ0n) is 13.1. The number of benzene rings is 1. The number of hydrogen-bond acceptors (Lipinski definition) is 2. The molecule has 1 heterocycles. The summed E-state index contributed by atoms with van der Waals surface area (Å²) >= 11 is 0. The molecule has 2 rings (SSSR count). The Kier molecular flexibility index (Phi) is 4.84. The van der Waals surface area contributed by atoms with Gasteiger partial charge < -0.3 is 9.67 Å². The van der Waals surface area contributed by atoms with Gasteiger partial charge in [0.25, 0.3) is 0 Å². The lowest BCUT2D eigenvalue weighted by molar-refractivity contribution is 0.135. The normalized spacial score (nSPS) is 13.3. The van der Waals surface area contributed by atoms with Crippen molar-refractivity contribution in [3.63, 3.8) is 0 Å². The van der Waals surface area contributed by atoms with E-state index in [1.807, 2.05) is 0 Å². The Labute approximate surface area is 121 Å². The first-order valence-corrected chi connectivity index (χ1v) is 7.59. The molecule has 1 aromatic carbocycles. The average Bonchev–Trinajstić information content (AvgIpc) is 2.81. The van der Waals surface area contributed by atoms with Crippen LogP contribution in [0.5, 0.6) is 0 Å². The fraction of sp³-hybridized carbons (Fsp3) is 0.529. The SMILES string of the molecule is CCc1cc2c(C(CO)N(CC)CC)cccc2n1C. The highest BCUT2D eigenvalue weighted by Crippen LogP contribution is 2.30. The first-order chi connectivity index (χ1) is 9.67. The Bertz CT molecular complexity index is 570. The van der Waals surface area contributed by atoms with Gasteiger partial charge in [-0.3, -0.25) is 4.90 Å². The lowest BCUT2D eigenvalue weighted by Crippen LogP contribution is -2.30. The molecule has 3 heteroatoms. The van der Waals surface area contributed by atoms with E-state index in [1.165, 1.54) is 22.2 Å². The quantitative estimate of drug-likeness (QED) is 0.876. The van der Waals surface area contributed by atoms with E-state index in [9.17, 15) is 5.11 Å². The van der Waals surface area contributed by atoms with E-state index in [1.54, 1.807) is 0 Å². The van der Waals surface area contributed by atoms with E-state index < -0.39 is 0 Å². The van der Waals surface area contributed by atoms with Gasteiger partial charge in [0.1, 0.15) is 0 Å². The lowest BCUT2D eigenvalue weighted by atomic mass is 10.0. The van der Waals surface area contributed by atoms with Gasteiger partial charge in [0.05, 0.1) is 12.6 Å². The van der Waals surface area contributed by atoms with Crippen molar-refractivity contribution < 1.29 is 5.11 Å². The Morgan fingerprint density at radius 1 is 1.20 bits per heavy atom. The van der Waals surface area contributed by atoms with Crippen LogP contribution in [0.2, 0.25) is 0 Å². The topological polar surface area (TPSA) is 28.4 Å². The van der Waals surface area contributed by atoms with Crippen LogP contribution in [0.4, 0.5) is 0 Å². The molecule has 0 amide bonds. The maximum atomic E-state index is 9.86. The smallest absolute Gasteiger partial charge is 0.0628 e. The van der Waals surface area contributed by atoms with Crippen LogP contribution < -0.4 is 0 Å².